The third-order valence-corrected chi connectivity index (χ3v) is 3.45. The molecule has 0 bridgehead atoms. The third kappa shape index (κ3) is 3.53. The van der Waals surface area contributed by atoms with Crippen molar-refractivity contribution in [2.75, 3.05) is 20.2 Å². The molecular formula is C15H20FNO2. The minimum Gasteiger partial charge on any atom is -0.376 e. The van der Waals surface area contributed by atoms with Gasteiger partial charge in [-0.05, 0) is 43.9 Å². The summed E-state index contributed by atoms with van der Waals surface area (Å²) in [5, 5.41) is 0. The Labute approximate surface area is 113 Å². The van der Waals surface area contributed by atoms with Gasteiger partial charge in [-0.1, -0.05) is 6.07 Å². The van der Waals surface area contributed by atoms with Gasteiger partial charge in [-0.3, -0.25) is 4.79 Å². The molecule has 104 valence electrons. The van der Waals surface area contributed by atoms with Gasteiger partial charge in [-0.25, -0.2) is 4.39 Å². The average molecular weight is 265 g/mol. The van der Waals surface area contributed by atoms with Crippen molar-refractivity contribution in [3.63, 3.8) is 0 Å². The molecular weight excluding hydrogens is 245 g/mol. The molecule has 19 heavy (non-hydrogen) atoms. The topological polar surface area (TPSA) is 29.5 Å². The lowest BCUT2D eigenvalue weighted by molar-refractivity contribution is -0.000270. The maximum atomic E-state index is 13.8. The van der Waals surface area contributed by atoms with E-state index in [1.165, 1.54) is 6.07 Å². The van der Waals surface area contributed by atoms with Crippen LogP contribution in [0.4, 0.5) is 4.39 Å². The Hall–Kier alpha value is -1.42. The van der Waals surface area contributed by atoms with E-state index in [9.17, 15) is 9.18 Å². The van der Waals surface area contributed by atoms with Gasteiger partial charge in [-0.15, -0.1) is 0 Å². The van der Waals surface area contributed by atoms with Crippen molar-refractivity contribution in [1.29, 1.82) is 0 Å². The zero-order valence-corrected chi connectivity index (χ0v) is 11.5. The lowest BCUT2D eigenvalue weighted by atomic mass is 10.1. The summed E-state index contributed by atoms with van der Waals surface area (Å²) in [5.74, 6) is -0.743. The van der Waals surface area contributed by atoms with Gasteiger partial charge in [0.1, 0.15) is 5.82 Å². The molecule has 0 aliphatic carbocycles. The van der Waals surface area contributed by atoms with E-state index in [-0.39, 0.29) is 17.6 Å². The first-order valence-electron chi connectivity index (χ1n) is 6.71. The number of carbonyl (C=O) groups excluding carboxylic acids is 1. The van der Waals surface area contributed by atoms with Crippen LogP contribution in [0.15, 0.2) is 18.2 Å². The zero-order chi connectivity index (χ0) is 13.8. The molecule has 3 nitrogen and oxygen atoms in total. The maximum absolute atomic E-state index is 13.8. The first kappa shape index (κ1) is 14.0. The van der Waals surface area contributed by atoms with Gasteiger partial charge in [0.15, 0.2) is 0 Å². The number of rotatable bonds is 3. The van der Waals surface area contributed by atoms with Crippen molar-refractivity contribution in [3.8, 4) is 0 Å². The van der Waals surface area contributed by atoms with Gasteiger partial charge in [0.25, 0.3) is 5.91 Å². The molecule has 0 saturated carbocycles. The molecule has 0 spiro atoms. The number of hydrogen-bond donors (Lipinski definition) is 0. The number of likely N-dealkylation sites (N-methyl/N-ethyl adjacent to an activating group) is 1. The van der Waals surface area contributed by atoms with E-state index in [2.05, 4.69) is 0 Å². The summed E-state index contributed by atoms with van der Waals surface area (Å²) < 4.78 is 19.4. The molecule has 1 aromatic carbocycles. The Morgan fingerprint density at radius 3 is 2.89 bits per heavy atom. The summed E-state index contributed by atoms with van der Waals surface area (Å²) in [6.45, 7) is 3.08. The standard InChI is InChI=1S/C15H20FNO2/c1-11-6-7-13(14(16)9-11)15(18)17(2)10-12-5-3-4-8-19-12/h6-7,9,12H,3-5,8,10H2,1-2H3. The first-order chi connectivity index (χ1) is 9.08. The molecule has 1 atom stereocenters. The van der Waals surface area contributed by atoms with E-state index in [1.807, 2.05) is 0 Å². The van der Waals surface area contributed by atoms with Crippen molar-refractivity contribution in [2.24, 2.45) is 0 Å². The van der Waals surface area contributed by atoms with E-state index >= 15 is 0 Å². The Morgan fingerprint density at radius 2 is 2.26 bits per heavy atom. The molecule has 1 aliphatic rings. The van der Waals surface area contributed by atoms with Crippen LogP contribution in [0.3, 0.4) is 0 Å². The highest BCUT2D eigenvalue weighted by atomic mass is 19.1. The van der Waals surface area contributed by atoms with Crippen LogP contribution in [0.2, 0.25) is 0 Å². The molecule has 1 heterocycles. The van der Waals surface area contributed by atoms with Gasteiger partial charge >= 0.3 is 0 Å². The predicted molar refractivity (Wildman–Crippen MR) is 71.7 cm³/mol. The summed E-state index contributed by atoms with van der Waals surface area (Å²) in [5.41, 5.74) is 0.941. The molecule has 1 aliphatic heterocycles. The normalized spacial score (nSPS) is 19.2. The van der Waals surface area contributed by atoms with Crippen LogP contribution >= 0.6 is 0 Å². The molecule has 0 N–H and O–H groups in total. The number of amides is 1. The number of carbonyl (C=O) groups is 1. The highest BCUT2D eigenvalue weighted by Crippen LogP contribution is 2.16. The van der Waals surface area contributed by atoms with E-state index < -0.39 is 5.82 Å². The number of halogens is 1. The fraction of sp³-hybridized carbons (Fsp3) is 0.533. The summed E-state index contributed by atoms with van der Waals surface area (Å²) in [4.78, 5) is 13.7. The Balaban J connectivity index is 2.01. The fourth-order valence-electron chi connectivity index (χ4n) is 2.34. The first-order valence-corrected chi connectivity index (χ1v) is 6.71. The Bertz CT molecular complexity index is 455. The Kier molecular flexibility index (Phi) is 4.53. The number of nitrogens with zero attached hydrogens (tertiary/aromatic N) is 1. The van der Waals surface area contributed by atoms with Crippen LogP contribution in [0.5, 0.6) is 0 Å². The van der Waals surface area contributed by atoms with Gasteiger partial charge in [0.2, 0.25) is 0 Å². The highest BCUT2D eigenvalue weighted by Gasteiger charge is 2.21. The number of ether oxygens (including phenoxy) is 1. The van der Waals surface area contributed by atoms with Gasteiger partial charge in [-0.2, -0.15) is 0 Å². The van der Waals surface area contributed by atoms with Crippen molar-refractivity contribution in [3.05, 3.63) is 35.1 Å². The predicted octanol–water partition coefficient (Wildman–Crippen LogP) is 2.78. The summed E-state index contributed by atoms with van der Waals surface area (Å²) in [7, 11) is 1.69. The smallest absolute Gasteiger partial charge is 0.256 e. The van der Waals surface area contributed by atoms with Crippen LogP contribution in [0.25, 0.3) is 0 Å². The SMILES string of the molecule is Cc1ccc(C(=O)N(C)CC2CCCCO2)c(F)c1. The van der Waals surface area contributed by atoms with Crippen LogP contribution in [-0.2, 0) is 4.74 Å². The van der Waals surface area contributed by atoms with Crippen molar-refractivity contribution in [1.82, 2.24) is 4.90 Å². The van der Waals surface area contributed by atoms with Gasteiger partial charge in [0.05, 0.1) is 11.7 Å². The minimum absolute atomic E-state index is 0.0798. The quantitative estimate of drug-likeness (QED) is 0.841. The summed E-state index contributed by atoms with van der Waals surface area (Å²) >= 11 is 0. The third-order valence-electron chi connectivity index (χ3n) is 3.45. The average Bonchev–Trinajstić information content (AvgIpc) is 2.39. The molecule has 4 heteroatoms. The van der Waals surface area contributed by atoms with Gasteiger partial charge in [0, 0.05) is 20.2 Å². The summed E-state index contributed by atoms with van der Waals surface area (Å²) in [6, 6.07) is 4.69. The van der Waals surface area contributed by atoms with Crippen molar-refractivity contribution < 1.29 is 13.9 Å². The fourth-order valence-corrected chi connectivity index (χ4v) is 2.34. The molecule has 1 saturated heterocycles. The largest absolute Gasteiger partial charge is 0.376 e. The molecule has 1 amide bonds. The molecule has 2 rings (SSSR count). The highest BCUT2D eigenvalue weighted by molar-refractivity contribution is 5.94. The zero-order valence-electron chi connectivity index (χ0n) is 11.5. The lowest BCUT2D eigenvalue weighted by Crippen LogP contribution is -2.37. The molecule has 0 aromatic heterocycles. The van der Waals surface area contributed by atoms with E-state index in [0.717, 1.165) is 31.4 Å². The van der Waals surface area contributed by atoms with Gasteiger partial charge < -0.3 is 9.64 Å². The molecule has 0 radical (unpaired) electrons. The van der Waals surface area contributed by atoms with Crippen LogP contribution < -0.4 is 0 Å². The number of benzene rings is 1. The lowest BCUT2D eigenvalue weighted by Gasteiger charge is -2.27. The van der Waals surface area contributed by atoms with Crippen molar-refractivity contribution >= 4 is 5.91 Å². The van der Waals surface area contributed by atoms with E-state index in [4.69, 9.17) is 4.74 Å². The number of aryl methyl sites for hydroxylation is 1. The molecule has 1 fully saturated rings. The van der Waals surface area contributed by atoms with Crippen LogP contribution in [0, 0.1) is 12.7 Å². The second-order valence-electron chi connectivity index (χ2n) is 5.16. The number of hydrogen-bond acceptors (Lipinski definition) is 2. The van der Waals surface area contributed by atoms with E-state index in [0.29, 0.717) is 6.54 Å². The maximum Gasteiger partial charge on any atom is 0.256 e. The van der Waals surface area contributed by atoms with Crippen LogP contribution in [-0.4, -0.2) is 37.1 Å². The van der Waals surface area contributed by atoms with Crippen LogP contribution in [0.1, 0.15) is 35.2 Å². The second-order valence-corrected chi connectivity index (χ2v) is 5.16. The monoisotopic (exact) mass is 265 g/mol. The van der Waals surface area contributed by atoms with Crippen molar-refractivity contribution in [2.45, 2.75) is 32.3 Å². The molecule has 1 aromatic rings. The Morgan fingerprint density at radius 1 is 1.47 bits per heavy atom. The van der Waals surface area contributed by atoms with E-state index in [1.54, 1.807) is 31.0 Å². The minimum atomic E-state index is -0.457. The molecule has 1 unspecified atom stereocenters. The summed E-state index contributed by atoms with van der Waals surface area (Å²) in [6.07, 6.45) is 3.26. The second kappa shape index (κ2) is 6.15.